The normalized spacial score (nSPS) is 14.2. The van der Waals surface area contributed by atoms with Crippen molar-refractivity contribution in [2.45, 2.75) is 29.3 Å². The maximum Gasteiger partial charge on any atom is 0.416 e. The van der Waals surface area contributed by atoms with E-state index >= 15 is 0 Å². The van der Waals surface area contributed by atoms with E-state index in [1.54, 1.807) is 19.2 Å². The molecule has 0 fully saturated rings. The topological polar surface area (TPSA) is 99.3 Å². The Hall–Kier alpha value is -3.15. The number of rotatable bonds is 7. The largest absolute Gasteiger partial charge is 0.480 e. The molecule has 11 heteroatoms. The minimum absolute atomic E-state index is 0.139. The summed E-state index contributed by atoms with van der Waals surface area (Å²) in [6.45, 7) is 1.62. The molecule has 0 bridgehead atoms. The van der Waals surface area contributed by atoms with Gasteiger partial charge in [0, 0.05) is 27.9 Å². The molecular weight excluding hydrogens is 489 g/mol. The highest BCUT2D eigenvalue weighted by Gasteiger charge is 2.33. The van der Waals surface area contributed by atoms with Crippen LogP contribution in [0.3, 0.4) is 0 Å². The summed E-state index contributed by atoms with van der Waals surface area (Å²) in [7, 11) is -4.21. The van der Waals surface area contributed by atoms with E-state index in [9.17, 15) is 31.5 Å². The summed E-state index contributed by atoms with van der Waals surface area (Å²) in [6.07, 6.45) is -2.81. The second kappa shape index (κ2) is 8.90. The summed E-state index contributed by atoms with van der Waals surface area (Å²) in [5, 5.41) is 10.6. The zero-order valence-electron chi connectivity index (χ0n) is 17.6. The Balaban J connectivity index is 1.59. The van der Waals surface area contributed by atoms with Crippen LogP contribution in [0.4, 0.5) is 13.2 Å². The molecule has 4 rings (SSSR count). The van der Waals surface area contributed by atoms with Crippen molar-refractivity contribution in [2.24, 2.45) is 0 Å². The molecule has 34 heavy (non-hydrogen) atoms. The van der Waals surface area contributed by atoms with Crippen molar-refractivity contribution < 1.29 is 31.5 Å². The van der Waals surface area contributed by atoms with Crippen LogP contribution in [0.25, 0.3) is 21.3 Å². The van der Waals surface area contributed by atoms with Crippen molar-refractivity contribution >= 4 is 38.2 Å². The van der Waals surface area contributed by atoms with E-state index in [0.717, 1.165) is 34.4 Å². The van der Waals surface area contributed by atoms with Gasteiger partial charge in [0.15, 0.2) is 0 Å². The molecule has 0 amide bonds. The second-order valence-electron chi connectivity index (χ2n) is 7.71. The van der Waals surface area contributed by atoms with E-state index in [-0.39, 0.29) is 4.21 Å². The Morgan fingerprint density at radius 3 is 2.38 bits per heavy atom. The Labute approximate surface area is 197 Å². The molecule has 0 aliphatic rings. The fraction of sp³-hybridized carbons (Fsp3) is 0.174. The third kappa shape index (κ3) is 4.72. The van der Waals surface area contributed by atoms with E-state index < -0.39 is 39.7 Å². The van der Waals surface area contributed by atoms with E-state index in [0.29, 0.717) is 16.0 Å². The first-order valence-corrected chi connectivity index (χ1v) is 12.4. The predicted octanol–water partition coefficient (Wildman–Crippen LogP) is 5.45. The van der Waals surface area contributed by atoms with Crippen LogP contribution in [-0.2, 0) is 21.0 Å². The van der Waals surface area contributed by atoms with Crippen molar-refractivity contribution in [1.29, 1.82) is 0 Å². The molecule has 178 valence electrons. The summed E-state index contributed by atoms with van der Waals surface area (Å²) in [5.74, 6) is -2.03. The van der Waals surface area contributed by atoms with Crippen molar-refractivity contribution in [3.8, 4) is 10.4 Å². The fourth-order valence-corrected chi connectivity index (χ4v) is 6.28. The molecule has 0 radical (unpaired) electrons. The van der Waals surface area contributed by atoms with Crippen LogP contribution >= 0.6 is 11.3 Å². The second-order valence-corrected chi connectivity index (χ2v) is 10.7. The Kier molecular flexibility index (Phi) is 6.28. The Bertz CT molecular complexity index is 1440. The van der Waals surface area contributed by atoms with Crippen molar-refractivity contribution in [2.75, 3.05) is 0 Å². The van der Waals surface area contributed by atoms with Gasteiger partial charge >= 0.3 is 12.1 Å². The minimum atomic E-state index is -4.47. The van der Waals surface area contributed by atoms with Crippen molar-refractivity contribution in [3.05, 3.63) is 78.0 Å². The molecule has 0 aliphatic carbocycles. The van der Waals surface area contributed by atoms with Crippen molar-refractivity contribution in [1.82, 2.24) is 9.71 Å². The number of carboxylic acid groups (broad SMARTS) is 1. The molecule has 0 saturated carbocycles. The zero-order chi connectivity index (χ0) is 24.7. The van der Waals surface area contributed by atoms with Crippen LogP contribution in [0, 0.1) is 0 Å². The number of sulfonamides is 1. The number of hydrogen-bond donors (Lipinski definition) is 3. The van der Waals surface area contributed by atoms with E-state index in [1.807, 2.05) is 18.2 Å². The molecule has 2 heterocycles. The lowest BCUT2D eigenvalue weighted by Crippen LogP contribution is -2.43. The molecule has 0 saturated heterocycles. The van der Waals surface area contributed by atoms with Gasteiger partial charge in [-0.2, -0.15) is 17.9 Å². The number of aromatic nitrogens is 1. The predicted molar refractivity (Wildman–Crippen MR) is 123 cm³/mol. The molecule has 0 unspecified atom stereocenters. The smallest absolute Gasteiger partial charge is 0.416 e. The lowest BCUT2D eigenvalue weighted by atomic mass is 9.93. The van der Waals surface area contributed by atoms with Gasteiger partial charge in [-0.05, 0) is 41.5 Å². The van der Waals surface area contributed by atoms with Gasteiger partial charge in [0.05, 0.1) is 5.56 Å². The number of carbonyl (C=O) groups is 1. The minimum Gasteiger partial charge on any atom is -0.480 e. The first-order valence-electron chi connectivity index (χ1n) is 10.1. The highest BCUT2D eigenvalue weighted by Crippen LogP contribution is 2.35. The molecule has 2 aromatic heterocycles. The number of alkyl halides is 3. The van der Waals surface area contributed by atoms with Gasteiger partial charge in [0.1, 0.15) is 10.3 Å². The maximum absolute atomic E-state index is 13.0. The molecule has 2 aromatic carbocycles. The zero-order valence-corrected chi connectivity index (χ0v) is 19.3. The van der Waals surface area contributed by atoms with Crippen LogP contribution < -0.4 is 4.72 Å². The lowest BCUT2D eigenvalue weighted by Gasteiger charge is -2.21. The first kappa shape index (κ1) is 24.0. The summed E-state index contributed by atoms with van der Waals surface area (Å²) in [4.78, 5) is 15.5. The number of para-hydroxylation sites is 1. The van der Waals surface area contributed by atoms with Gasteiger partial charge in [-0.3, -0.25) is 4.79 Å². The summed E-state index contributed by atoms with van der Waals surface area (Å²) < 4.78 is 66.5. The van der Waals surface area contributed by atoms with E-state index in [4.69, 9.17) is 0 Å². The van der Waals surface area contributed by atoms with Gasteiger partial charge in [-0.1, -0.05) is 37.3 Å². The highest BCUT2D eigenvalue weighted by atomic mass is 32.2. The molecule has 3 N–H and O–H groups in total. The number of nitrogens with one attached hydrogen (secondary N) is 2. The number of H-pyrrole nitrogens is 1. The van der Waals surface area contributed by atoms with Gasteiger partial charge in [0.25, 0.3) is 10.0 Å². The fourth-order valence-electron chi connectivity index (χ4n) is 3.69. The molecule has 4 aromatic rings. The van der Waals surface area contributed by atoms with Crippen LogP contribution in [-0.4, -0.2) is 30.5 Å². The molecule has 0 aliphatic heterocycles. The summed E-state index contributed by atoms with van der Waals surface area (Å²) >= 11 is 0.841. The Morgan fingerprint density at radius 2 is 1.74 bits per heavy atom. The number of aromatic amines is 1. The summed E-state index contributed by atoms with van der Waals surface area (Å²) in [5.41, 5.74) is 1.07. The summed E-state index contributed by atoms with van der Waals surface area (Å²) in [6, 6.07) is 13.0. The van der Waals surface area contributed by atoms with Gasteiger partial charge in [0.2, 0.25) is 0 Å². The number of aliphatic carboxylic acids is 1. The number of benzene rings is 2. The first-order chi connectivity index (χ1) is 16.0. The lowest BCUT2D eigenvalue weighted by molar-refractivity contribution is -0.139. The van der Waals surface area contributed by atoms with Crippen LogP contribution in [0.2, 0.25) is 0 Å². The van der Waals surface area contributed by atoms with Crippen LogP contribution in [0.15, 0.2) is 71.1 Å². The third-order valence-electron chi connectivity index (χ3n) is 5.50. The van der Waals surface area contributed by atoms with Gasteiger partial charge in [-0.25, -0.2) is 8.42 Å². The number of fused-ring (bicyclic) bond motifs is 1. The SMILES string of the molecule is C[C@@H](c1c[nH]c2ccccc12)[C@@H](NS(=O)(=O)c1ccc(-c2ccc(C(F)(F)F)cc2)s1)C(=O)O. The number of thiophene rings is 1. The van der Waals surface area contributed by atoms with Crippen molar-refractivity contribution in [3.63, 3.8) is 0 Å². The van der Waals surface area contributed by atoms with Crippen LogP contribution in [0.1, 0.15) is 24.0 Å². The average molecular weight is 509 g/mol. The highest BCUT2D eigenvalue weighted by molar-refractivity contribution is 7.91. The molecule has 6 nitrogen and oxygen atoms in total. The standard InChI is InChI=1S/C23H19F3N2O4S2/c1-13(17-12-27-18-5-3-2-4-16(17)18)21(22(29)30)28-34(31,32)20-11-10-19(33-20)14-6-8-15(9-7-14)23(24,25)26/h2-13,21,27-28H,1H3,(H,29,30)/t13-,21+/m0/s1. The van der Waals surface area contributed by atoms with Crippen LogP contribution in [0.5, 0.6) is 0 Å². The average Bonchev–Trinajstić information content (AvgIpc) is 3.44. The molecular formula is C23H19F3N2O4S2. The third-order valence-corrected chi connectivity index (χ3v) is 8.57. The van der Waals surface area contributed by atoms with Gasteiger partial charge in [-0.15, -0.1) is 11.3 Å². The number of carboxylic acids is 1. The number of halogens is 3. The molecule has 2 atom stereocenters. The quantitative estimate of drug-likeness (QED) is 0.309. The Morgan fingerprint density at radius 1 is 1.06 bits per heavy atom. The maximum atomic E-state index is 13.0. The number of hydrogen-bond acceptors (Lipinski definition) is 4. The van der Waals surface area contributed by atoms with E-state index in [2.05, 4.69) is 9.71 Å². The monoisotopic (exact) mass is 508 g/mol. The molecule has 0 spiro atoms. The van der Waals surface area contributed by atoms with E-state index in [1.165, 1.54) is 24.3 Å². The van der Waals surface area contributed by atoms with Gasteiger partial charge < -0.3 is 10.1 Å².